The van der Waals surface area contributed by atoms with Crippen molar-refractivity contribution in [3.8, 4) is 6.07 Å². The van der Waals surface area contributed by atoms with Gasteiger partial charge in [0.15, 0.2) is 0 Å². The van der Waals surface area contributed by atoms with Crippen LogP contribution in [0.15, 0.2) is 47.4 Å². The first kappa shape index (κ1) is 17.4. The number of benzene rings is 2. The molecule has 25 heavy (non-hydrogen) atoms. The van der Waals surface area contributed by atoms with Crippen LogP contribution in [0.2, 0.25) is 0 Å². The first-order valence-corrected chi connectivity index (χ1v) is 9.37. The smallest absolute Gasteiger partial charge is 0.243 e. The first-order valence-electron chi connectivity index (χ1n) is 7.93. The summed E-state index contributed by atoms with van der Waals surface area (Å²) in [7, 11) is -3.62. The Bertz CT molecular complexity index is 912. The number of aryl methyl sites for hydroxylation is 1. The topological polar surface area (TPSA) is 64.4 Å². The van der Waals surface area contributed by atoms with Gasteiger partial charge in [-0.3, -0.25) is 0 Å². The highest BCUT2D eigenvalue weighted by Gasteiger charge is 2.28. The van der Waals surface area contributed by atoms with Gasteiger partial charge in [0.1, 0.15) is 5.82 Å². The number of nitriles is 1. The Morgan fingerprint density at radius 1 is 1.04 bits per heavy atom. The van der Waals surface area contributed by atoms with E-state index in [0.717, 1.165) is 5.69 Å². The third-order valence-electron chi connectivity index (χ3n) is 4.37. The van der Waals surface area contributed by atoms with E-state index in [1.807, 2.05) is 12.1 Å². The van der Waals surface area contributed by atoms with Crippen LogP contribution in [-0.2, 0) is 10.0 Å². The summed E-state index contributed by atoms with van der Waals surface area (Å²) >= 11 is 0. The van der Waals surface area contributed by atoms with E-state index in [2.05, 4.69) is 11.0 Å². The normalized spacial score (nSPS) is 15.8. The molecule has 2 aromatic rings. The molecule has 0 saturated carbocycles. The summed E-state index contributed by atoms with van der Waals surface area (Å²) in [5.41, 5.74) is 1.88. The lowest BCUT2D eigenvalue weighted by Crippen LogP contribution is -2.48. The van der Waals surface area contributed by atoms with Crippen LogP contribution in [0.4, 0.5) is 10.1 Å². The van der Waals surface area contributed by atoms with Crippen molar-refractivity contribution >= 4 is 15.7 Å². The van der Waals surface area contributed by atoms with Crippen molar-refractivity contribution in [2.75, 3.05) is 31.1 Å². The summed E-state index contributed by atoms with van der Waals surface area (Å²) in [4.78, 5) is 2.21. The van der Waals surface area contributed by atoms with Gasteiger partial charge in [0, 0.05) is 31.9 Å². The maximum Gasteiger partial charge on any atom is 0.243 e. The van der Waals surface area contributed by atoms with Crippen LogP contribution in [0.25, 0.3) is 0 Å². The summed E-state index contributed by atoms with van der Waals surface area (Å²) in [5.74, 6) is -0.412. The molecule has 0 amide bonds. The Labute approximate surface area is 147 Å². The second-order valence-corrected chi connectivity index (χ2v) is 7.90. The number of sulfonamides is 1. The fraction of sp³-hybridized carbons (Fsp3) is 0.278. The molecule has 1 fully saturated rings. The summed E-state index contributed by atoms with van der Waals surface area (Å²) in [5, 5.41) is 8.85. The summed E-state index contributed by atoms with van der Waals surface area (Å²) < 4.78 is 40.3. The van der Waals surface area contributed by atoms with Crippen LogP contribution in [0.5, 0.6) is 0 Å². The first-order chi connectivity index (χ1) is 11.9. The molecule has 1 heterocycles. The minimum Gasteiger partial charge on any atom is -0.369 e. The van der Waals surface area contributed by atoms with E-state index in [1.165, 1.54) is 22.5 Å². The van der Waals surface area contributed by atoms with E-state index >= 15 is 0 Å². The zero-order valence-corrected chi connectivity index (χ0v) is 14.6. The number of rotatable bonds is 3. The van der Waals surface area contributed by atoms with Gasteiger partial charge in [-0.2, -0.15) is 9.57 Å². The lowest BCUT2D eigenvalue weighted by atomic mass is 10.2. The highest BCUT2D eigenvalue weighted by Crippen LogP contribution is 2.22. The maximum atomic E-state index is 13.4. The lowest BCUT2D eigenvalue weighted by molar-refractivity contribution is 0.385. The number of nitrogens with zero attached hydrogens (tertiary/aromatic N) is 3. The molecule has 2 aromatic carbocycles. The Balaban J connectivity index is 1.72. The van der Waals surface area contributed by atoms with Crippen molar-refractivity contribution in [3.05, 3.63) is 59.4 Å². The third kappa shape index (κ3) is 3.50. The van der Waals surface area contributed by atoms with E-state index in [0.29, 0.717) is 37.3 Å². The molecule has 5 nitrogen and oxygen atoms in total. The monoisotopic (exact) mass is 359 g/mol. The zero-order valence-electron chi connectivity index (χ0n) is 13.8. The Morgan fingerprint density at radius 2 is 1.68 bits per heavy atom. The second kappa shape index (κ2) is 6.82. The predicted octanol–water partition coefficient (Wildman–Crippen LogP) is 2.52. The molecule has 0 aromatic heterocycles. The van der Waals surface area contributed by atoms with Crippen LogP contribution in [0, 0.1) is 24.1 Å². The summed E-state index contributed by atoms with van der Waals surface area (Å²) in [6, 6.07) is 13.2. The molecule has 7 heteroatoms. The SMILES string of the molecule is Cc1cc(S(=O)(=O)N2CCN(c3ccc(C#N)cc3)CC2)ccc1F. The number of hydrogen-bond donors (Lipinski definition) is 0. The Morgan fingerprint density at radius 3 is 2.24 bits per heavy atom. The fourth-order valence-corrected chi connectivity index (χ4v) is 4.37. The van der Waals surface area contributed by atoms with Crippen molar-refractivity contribution in [1.29, 1.82) is 5.26 Å². The van der Waals surface area contributed by atoms with Crippen molar-refractivity contribution in [1.82, 2.24) is 4.31 Å². The summed E-state index contributed by atoms with van der Waals surface area (Å²) in [6.45, 7) is 3.39. The van der Waals surface area contributed by atoms with Gasteiger partial charge < -0.3 is 4.90 Å². The molecule has 0 aliphatic carbocycles. The van der Waals surface area contributed by atoms with Gasteiger partial charge in [0.2, 0.25) is 10.0 Å². The minimum atomic E-state index is -3.62. The average Bonchev–Trinajstić information content (AvgIpc) is 2.64. The molecule has 1 saturated heterocycles. The highest BCUT2D eigenvalue weighted by molar-refractivity contribution is 7.89. The van der Waals surface area contributed by atoms with Crippen molar-refractivity contribution in [3.63, 3.8) is 0 Å². The van der Waals surface area contributed by atoms with Gasteiger partial charge in [-0.05, 0) is 55.0 Å². The molecular weight excluding hydrogens is 341 g/mol. The van der Waals surface area contributed by atoms with E-state index in [1.54, 1.807) is 19.1 Å². The van der Waals surface area contributed by atoms with Gasteiger partial charge in [-0.1, -0.05) is 0 Å². The molecule has 3 rings (SSSR count). The number of piperazine rings is 1. The molecular formula is C18H18FN3O2S. The van der Waals surface area contributed by atoms with Crippen LogP contribution in [0.3, 0.4) is 0 Å². The Kier molecular flexibility index (Phi) is 4.75. The number of halogens is 1. The van der Waals surface area contributed by atoms with Gasteiger partial charge in [-0.25, -0.2) is 12.8 Å². The zero-order chi connectivity index (χ0) is 18.0. The standard InChI is InChI=1S/C18H18FN3O2S/c1-14-12-17(6-7-18(14)19)25(23,24)22-10-8-21(9-11-22)16-4-2-15(13-20)3-5-16/h2-7,12H,8-11H2,1H3. The van der Waals surface area contributed by atoms with E-state index in [-0.39, 0.29) is 4.90 Å². The van der Waals surface area contributed by atoms with Crippen molar-refractivity contribution in [2.45, 2.75) is 11.8 Å². The van der Waals surface area contributed by atoms with Gasteiger partial charge in [-0.15, -0.1) is 0 Å². The molecule has 0 unspecified atom stereocenters. The van der Waals surface area contributed by atoms with E-state index in [9.17, 15) is 12.8 Å². The van der Waals surface area contributed by atoms with E-state index < -0.39 is 15.8 Å². The summed E-state index contributed by atoms with van der Waals surface area (Å²) in [6.07, 6.45) is 0. The molecule has 0 atom stereocenters. The predicted molar refractivity (Wildman–Crippen MR) is 93.3 cm³/mol. The molecule has 0 N–H and O–H groups in total. The Hall–Kier alpha value is -2.43. The molecule has 1 aliphatic rings. The largest absolute Gasteiger partial charge is 0.369 e. The van der Waals surface area contributed by atoms with Crippen LogP contribution < -0.4 is 4.90 Å². The highest BCUT2D eigenvalue weighted by atomic mass is 32.2. The van der Waals surface area contributed by atoms with E-state index in [4.69, 9.17) is 5.26 Å². The van der Waals surface area contributed by atoms with Crippen LogP contribution in [-0.4, -0.2) is 38.9 Å². The maximum absolute atomic E-state index is 13.4. The quantitative estimate of drug-likeness (QED) is 0.845. The molecule has 0 spiro atoms. The molecule has 1 aliphatic heterocycles. The lowest BCUT2D eigenvalue weighted by Gasteiger charge is -2.35. The van der Waals surface area contributed by atoms with Crippen LogP contribution >= 0.6 is 0 Å². The van der Waals surface area contributed by atoms with Gasteiger partial charge in [0.05, 0.1) is 16.5 Å². The molecule has 0 radical (unpaired) electrons. The van der Waals surface area contributed by atoms with Crippen molar-refractivity contribution in [2.24, 2.45) is 0 Å². The average molecular weight is 359 g/mol. The fourth-order valence-electron chi connectivity index (χ4n) is 2.86. The van der Waals surface area contributed by atoms with Gasteiger partial charge in [0.25, 0.3) is 0 Å². The second-order valence-electron chi connectivity index (χ2n) is 5.96. The van der Waals surface area contributed by atoms with Crippen LogP contribution in [0.1, 0.15) is 11.1 Å². The van der Waals surface area contributed by atoms with Crippen molar-refractivity contribution < 1.29 is 12.8 Å². The molecule has 0 bridgehead atoms. The minimum absolute atomic E-state index is 0.123. The number of anilines is 1. The molecule has 130 valence electrons. The van der Waals surface area contributed by atoms with Gasteiger partial charge >= 0.3 is 0 Å². The number of hydrogen-bond acceptors (Lipinski definition) is 4. The third-order valence-corrected chi connectivity index (χ3v) is 6.26.